The molecule has 3 heterocycles. The molecule has 5 N–H and O–H groups in total. The number of rotatable bonds is 6. The van der Waals surface area contributed by atoms with Crippen LogP contribution < -0.4 is 78.4 Å². The van der Waals surface area contributed by atoms with E-state index in [9.17, 15) is 39.0 Å². The van der Waals surface area contributed by atoms with Crippen molar-refractivity contribution in [3.8, 4) is 5.75 Å². The molecule has 2 aliphatic heterocycles. The van der Waals surface area contributed by atoms with Crippen molar-refractivity contribution >= 4 is 35.5 Å². The summed E-state index contributed by atoms with van der Waals surface area (Å²) in [5.41, 5.74) is -2.53. The fraction of sp³-hybridized carbons (Fsp3) is 0.350. The van der Waals surface area contributed by atoms with Crippen LogP contribution in [-0.4, -0.2) is 71.1 Å². The average Bonchev–Trinajstić information content (AvgIpc) is 3.04. The van der Waals surface area contributed by atoms with Crippen molar-refractivity contribution in [2.45, 2.75) is 42.1 Å². The zero-order valence-electron chi connectivity index (χ0n) is 19.2. The van der Waals surface area contributed by atoms with E-state index >= 15 is 0 Å². The van der Waals surface area contributed by atoms with E-state index in [1.165, 1.54) is 36.0 Å². The van der Waals surface area contributed by atoms with Gasteiger partial charge in [-0.3, -0.25) is 24.2 Å². The van der Waals surface area contributed by atoms with E-state index in [2.05, 4.69) is 15.7 Å². The second-order valence-corrected chi connectivity index (χ2v) is 10.2. The number of hydrogen-bond donors (Lipinski definition) is 5. The summed E-state index contributed by atoms with van der Waals surface area (Å²) in [5.74, 6) is -4.06. The summed E-state index contributed by atoms with van der Waals surface area (Å²) in [6, 6.07) is 1.55. The number of phenols is 1. The molecule has 1 aromatic heterocycles. The maximum Gasteiger partial charge on any atom is 1.00 e. The van der Waals surface area contributed by atoms with E-state index in [1.807, 2.05) is 10.1 Å². The number of nitrogens with zero attached hydrogens (tertiary/aromatic N) is 2. The van der Waals surface area contributed by atoms with E-state index in [0.29, 0.717) is 0 Å². The Bertz CT molecular complexity index is 1340. The van der Waals surface area contributed by atoms with Gasteiger partial charge in [-0.05, 0) is 31.5 Å². The second kappa shape index (κ2) is 10.5. The number of nitrogens with one attached hydrogen (secondary N) is 4. The Morgan fingerprint density at radius 2 is 1.83 bits per heavy atom. The van der Waals surface area contributed by atoms with Gasteiger partial charge in [0.1, 0.15) is 23.2 Å². The van der Waals surface area contributed by atoms with Crippen LogP contribution in [0.15, 0.2) is 33.9 Å². The normalized spacial score (nSPS) is 22.4. The minimum atomic E-state index is -1.44. The van der Waals surface area contributed by atoms with Crippen LogP contribution in [0.5, 0.6) is 5.75 Å². The number of carbonyl (C=O) groups is 4. The van der Waals surface area contributed by atoms with Crippen LogP contribution in [0.3, 0.4) is 0 Å². The van der Waals surface area contributed by atoms with Crippen molar-refractivity contribution in [1.82, 2.24) is 30.7 Å². The number of carboxylic acids is 1. The summed E-state index contributed by atoms with van der Waals surface area (Å²) in [4.78, 5) is 76.2. The van der Waals surface area contributed by atoms with E-state index in [0.717, 1.165) is 4.90 Å². The van der Waals surface area contributed by atoms with Gasteiger partial charge >= 0.3 is 57.1 Å². The van der Waals surface area contributed by atoms with Crippen LogP contribution in [0.2, 0.25) is 0 Å². The maximum absolute atomic E-state index is 13.2. The molecule has 0 saturated carbocycles. The molecule has 1 aromatic carbocycles. The van der Waals surface area contributed by atoms with Gasteiger partial charge < -0.3 is 30.5 Å². The number of thioether (sulfide) groups is 1. The Balaban J connectivity index is 0.00000361. The van der Waals surface area contributed by atoms with Crippen molar-refractivity contribution in [2.24, 2.45) is 0 Å². The Hall–Kier alpha value is -2.50. The molecule has 2 aromatic rings. The number of benzene rings is 1. The smallest absolute Gasteiger partial charge is 0.548 e. The van der Waals surface area contributed by atoms with Gasteiger partial charge in [0, 0.05) is 4.75 Å². The fourth-order valence-corrected chi connectivity index (χ4v) is 5.65. The number of aromatic hydroxyl groups is 1. The second-order valence-electron chi connectivity index (χ2n) is 8.42. The van der Waals surface area contributed by atoms with Crippen molar-refractivity contribution in [3.05, 3.63) is 56.4 Å². The molecule has 16 heteroatoms. The molecule has 0 radical (unpaired) electrons. The monoisotopic (exact) mass is 542 g/mol. The van der Waals surface area contributed by atoms with Gasteiger partial charge in [-0.2, -0.15) is 5.10 Å². The van der Waals surface area contributed by atoms with Crippen molar-refractivity contribution in [1.29, 1.82) is 0 Å². The van der Waals surface area contributed by atoms with Crippen molar-refractivity contribution < 1.29 is 80.8 Å². The van der Waals surface area contributed by atoms with Crippen LogP contribution in [-0.2, 0) is 14.4 Å². The van der Waals surface area contributed by atoms with Crippen LogP contribution >= 0.6 is 11.8 Å². The van der Waals surface area contributed by atoms with Crippen LogP contribution in [0, 0.1) is 0 Å². The number of H-pyrrole nitrogens is 2. The standard InChI is InChI=1S/C20H20N6O8S.K/c1-20(2)12(18(32)33)26-16(31)11(17(26)35-20)22-13(28)9(7-3-5-8(27)6-4-7)21-14(29)10-15(30)23-19(34)25-24-10;/h3-6,9,11-12,17,27H,1-2H3,(H,21,29)(H,22,28)(H,32,33)(H2,23,25,30,34);/q;+1/p-1/t9?,11-,12+,17-;/m1./s1. The third-order valence-electron chi connectivity index (χ3n) is 5.65. The zero-order chi connectivity index (χ0) is 25.7. The molecule has 14 nitrogen and oxygen atoms in total. The number of aromatic amines is 2. The summed E-state index contributed by atoms with van der Waals surface area (Å²) in [5, 5.41) is 30.6. The molecule has 0 bridgehead atoms. The summed E-state index contributed by atoms with van der Waals surface area (Å²) in [6.45, 7) is 3.30. The molecule has 1 unspecified atom stereocenters. The Morgan fingerprint density at radius 3 is 2.42 bits per heavy atom. The molecule has 0 aliphatic carbocycles. The van der Waals surface area contributed by atoms with Crippen LogP contribution in [0.25, 0.3) is 0 Å². The fourth-order valence-electron chi connectivity index (χ4n) is 4.03. The molecule has 4 atom stereocenters. The zero-order valence-corrected chi connectivity index (χ0v) is 23.2. The predicted molar refractivity (Wildman–Crippen MR) is 117 cm³/mol. The molecule has 4 rings (SSSR count). The van der Waals surface area contributed by atoms with Crippen molar-refractivity contribution in [2.75, 3.05) is 0 Å². The number of hydrogen-bond acceptors (Lipinski definition) is 10. The molecule has 2 aliphatic rings. The minimum absolute atomic E-state index is 0. The molecule has 184 valence electrons. The van der Waals surface area contributed by atoms with Gasteiger partial charge in [-0.1, -0.05) is 12.1 Å². The minimum Gasteiger partial charge on any atom is -0.548 e. The Labute approximate surface area is 249 Å². The largest absolute Gasteiger partial charge is 1.00 e. The molecule has 2 saturated heterocycles. The Kier molecular flexibility index (Phi) is 8.16. The number of fused-ring (bicyclic) bond motifs is 1. The number of amides is 3. The SMILES string of the molecule is CC1(C)S[C@@H]2[C@H](NC(=O)C(NC(=O)c3n[nH]c(=O)[nH]c3=O)c3ccc(O)cc3)C(=O)N2[C@H]1C(=O)[O-].[K+]. The predicted octanol–water partition coefficient (Wildman–Crippen LogP) is -6.06. The van der Waals surface area contributed by atoms with Crippen LogP contribution in [0.4, 0.5) is 0 Å². The molecule has 3 amide bonds. The Morgan fingerprint density at radius 1 is 1.19 bits per heavy atom. The molecule has 0 spiro atoms. The number of aliphatic carboxylic acids is 1. The van der Waals surface area contributed by atoms with Gasteiger partial charge in [-0.25, -0.2) is 9.89 Å². The summed E-state index contributed by atoms with van der Waals surface area (Å²) in [6.07, 6.45) is 0. The first-order valence-electron chi connectivity index (χ1n) is 10.2. The topological polar surface area (TPSA) is 217 Å². The van der Waals surface area contributed by atoms with Gasteiger partial charge in [0.15, 0.2) is 0 Å². The van der Waals surface area contributed by atoms with E-state index < -0.39 is 68.9 Å². The van der Waals surface area contributed by atoms with Crippen LogP contribution in [0.1, 0.15) is 35.9 Å². The van der Waals surface area contributed by atoms with Gasteiger partial charge in [0.25, 0.3) is 11.5 Å². The molecule has 2 fully saturated rings. The maximum atomic E-state index is 13.2. The summed E-state index contributed by atoms with van der Waals surface area (Å²) < 4.78 is -0.861. The average molecular weight is 543 g/mol. The molecular weight excluding hydrogens is 523 g/mol. The number of phenolic OH excluding ortho intramolecular Hbond substituents is 1. The number of carbonyl (C=O) groups excluding carboxylic acids is 4. The van der Waals surface area contributed by atoms with E-state index in [-0.39, 0.29) is 62.7 Å². The summed E-state index contributed by atoms with van der Waals surface area (Å²) in [7, 11) is 0. The van der Waals surface area contributed by atoms with Gasteiger partial charge in [0.2, 0.25) is 17.5 Å². The first kappa shape index (κ1) is 28.1. The molecular formula is C20H19KN6O8S. The summed E-state index contributed by atoms with van der Waals surface area (Å²) >= 11 is 1.19. The van der Waals surface area contributed by atoms with E-state index in [4.69, 9.17) is 0 Å². The number of β-lactam (4-membered cyclic amide) rings is 1. The van der Waals surface area contributed by atoms with E-state index in [1.54, 1.807) is 13.8 Å². The number of aromatic nitrogens is 3. The third-order valence-corrected chi connectivity index (χ3v) is 7.22. The van der Waals surface area contributed by atoms with Gasteiger partial charge in [0.05, 0.1) is 12.0 Å². The first-order chi connectivity index (χ1) is 16.4. The quantitative estimate of drug-likeness (QED) is 0.172. The number of carboxylic acid groups (broad SMARTS) is 1. The third kappa shape index (κ3) is 5.14. The van der Waals surface area contributed by atoms with Gasteiger partial charge in [-0.15, -0.1) is 11.8 Å². The molecule has 36 heavy (non-hydrogen) atoms. The first-order valence-corrected chi connectivity index (χ1v) is 11.1. The van der Waals surface area contributed by atoms with Crippen molar-refractivity contribution in [3.63, 3.8) is 0 Å².